The number of para-hydroxylation sites is 1. The summed E-state index contributed by atoms with van der Waals surface area (Å²) in [6, 6.07) is 11.1. The minimum Gasteiger partial charge on any atom is -0.320 e. The number of nitrogens with one attached hydrogen (secondary N) is 1. The standard InChI is InChI=1S/C20H18FN3O3/c1-12-7-8-14(21)15(11-12)22-19(27)20-10-9-17(25)24(20)16-6-4-3-5-13(16)18(26)23(20)2/h3-8,11H,9-10H2,1-2H3,(H,22,27). The molecule has 1 unspecified atom stereocenters. The first-order valence-electron chi connectivity index (χ1n) is 8.64. The van der Waals surface area contributed by atoms with Crippen molar-refractivity contribution in [3.05, 3.63) is 59.4 Å². The Hall–Kier alpha value is -3.22. The zero-order valence-corrected chi connectivity index (χ0v) is 15.0. The van der Waals surface area contributed by atoms with Crippen molar-refractivity contribution in [1.29, 1.82) is 0 Å². The van der Waals surface area contributed by atoms with E-state index in [9.17, 15) is 18.8 Å². The number of rotatable bonds is 2. The molecule has 0 radical (unpaired) electrons. The summed E-state index contributed by atoms with van der Waals surface area (Å²) in [4.78, 5) is 41.5. The third-order valence-corrected chi connectivity index (χ3v) is 5.28. The number of amides is 3. The van der Waals surface area contributed by atoms with Crippen LogP contribution in [0.25, 0.3) is 0 Å². The molecule has 2 aromatic rings. The molecule has 0 bridgehead atoms. The first-order chi connectivity index (χ1) is 12.9. The van der Waals surface area contributed by atoms with Gasteiger partial charge in [0.2, 0.25) is 11.6 Å². The van der Waals surface area contributed by atoms with E-state index in [1.807, 2.05) is 0 Å². The number of likely N-dealkylation sites (N-methyl/N-ethyl adjacent to an activating group) is 1. The number of fused-ring (bicyclic) bond motifs is 3. The van der Waals surface area contributed by atoms with E-state index in [0.29, 0.717) is 11.3 Å². The summed E-state index contributed by atoms with van der Waals surface area (Å²) in [7, 11) is 1.50. The molecule has 1 N–H and O–H groups in total. The molecule has 0 aromatic heterocycles. The third-order valence-electron chi connectivity index (χ3n) is 5.28. The molecule has 0 spiro atoms. The van der Waals surface area contributed by atoms with Crippen molar-refractivity contribution >= 4 is 29.1 Å². The number of anilines is 2. The second kappa shape index (κ2) is 5.90. The number of hydrogen-bond donors (Lipinski definition) is 1. The Bertz CT molecular complexity index is 990. The van der Waals surface area contributed by atoms with Crippen LogP contribution in [0, 0.1) is 12.7 Å². The van der Waals surface area contributed by atoms with Crippen molar-refractivity contribution in [3.8, 4) is 0 Å². The van der Waals surface area contributed by atoms with Gasteiger partial charge in [-0.1, -0.05) is 18.2 Å². The second-order valence-electron chi connectivity index (χ2n) is 6.86. The highest BCUT2D eigenvalue weighted by Crippen LogP contribution is 2.44. The molecule has 2 aromatic carbocycles. The van der Waals surface area contributed by atoms with Gasteiger partial charge in [0.25, 0.3) is 11.8 Å². The van der Waals surface area contributed by atoms with Gasteiger partial charge >= 0.3 is 0 Å². The van der Waals surface area contributed by atoms with Crippen LogP contribution in [0.5, 0.6) is 0 Å². The lowest BCUT2D eigenvalue weighted by molar-refractivity contribution is -0.128. The van der Waals surface area contributed by atoms with Crippen LogP contribution in [0.15, 0.2) is 42.5 Å². The number of carbonyl (C=O) groups excluding carboxylic acids is 3. The maximum atomic E-state index is 14.2. The van der Waals surface area contributed by atoms with Crippen molar-refractivity contribution in [3.63, 3.8) is 0 Å². The van der Waals surface area contributed by atoms with E-state index in [2.05, 4.69) is 5.32 Å². The highest BCUT2D eigenvalue weighted by molar-refractivity contribution is 6.18. The van der Waals surface area contributed by atoms with E-state index in [4.69, 9.17) is 0 Å². The summed E-state index contributed by atoms with van der Waals surface area (Å²) in [5.41, 5.74) is 0.0531. The molecular formula is C20H18FN3O3. The third kappa shape index (κ3) is 2.34. The number of carbonyl (C=O) groups is 3. The molecule has 4 rings (SSSR count). The van der Waals surface area contributed by atoms with Crippen LogP contribution in [0.4, 0.5) is 15.8 Å². The van der Waals surface area contributed by atoms with Crippen molar-refractivity contribution < 1.29 is 18.8 Å². The van der Waals surface area contributed by atoms with Crippen LogP contribution in [-0.2, 0) is 9.59 Å². The predicted molar refractivity (Wildman–Crippen MR) is 97.8 cm³/mol. The van der Waals surface area contributed by atoms with Gasteiger partial charge in [-0.2, -0.15) is 0 Å². The summed E-state index contributed by atoms with van der Waals surface area (Å²) < 4.78 is 14.2. The van der Waals surface area contributed by atoms with Crippen molar-refractivity contribution in [2.24, 2.45) is 0 Å². The summed E-state index contributed by atoms with van der Waals surface area (Å²) in [6.45, 7) is 1.78. The van der Waals surface area contributed by atoms with Crippen LogP contribution < -0.4 is 10.2 Å². The fraction of sp³-hybridized carbons (Fsp3) is 0.250. The van der Waals surface area contributed by atoms with Gasteiger partial charge in [0.15, 0.2) is 0 Å². The molecule has 1 fully saturated rings. The number of benzene rings is 2. The van der Waals surface area contributed by atoms with Gasteiger partial charge in [-0.05, 0) is 36.8 Å². The molecule has 2 aliphatic rings. The number of halogens is 1. The lowest BCUT2D eigenvalue weighted by atomic mass is 9.96. The zero-order valence-electron chi connectivity index (χ0n) is 15.0. The largest absolute Gasteiger partial charge is 0.320 e. The SMILES string of the molecule is Cc1ccc(F)c(NC(=O)C23CCC(=O)N2c2ccccc2C(=O)N3C)c1. The molecule has 1 saturated heterocycles. The quantitative estimate of drug-likeness (QED) is 0.887. The van der Waals surface area contributed by atoms with E-state index >= 15 is 0 Å². The minimum absolute atomic E-state index is 0.0216. The van der Waals surface area contributed by atoms with E-state index in [0.717, 1.165) is 5.56 Å². The van der Waals surface area contributed by atoms with Crippen LogP contribution in [0.2, 0.25) is 0 Å². The van der Waals surface area contributed by atoms with Gasteiger partial charge in [-0.15, -0.1) is 0 Å². The summed E-state index contributed by atoms with van der Waals surface area (Å²) >= 11 is 0. The second-order valence-corrected chi connectivity index (χ2v) is 6.86. The molecule has 0 saturated carbocycles. The lowest BCUT2D eigenvalue weighted by Gasteiger charge is -2.47. The Morgan fingerprint density at radius 2 is 1.93 bits per heavy atom. The topological polar surface area (TPSA) is 69.7 Å². The Morgan fingerprint density at radius 1 is 1.19 bits per heavy atom. The zero-order chi connectivity index (χ0) is 19.3. The van der Waals surface area contributed by atoms with Gasteiger partial charge in [-0.25, -0.2) is 4.39 Å². The molecule has 1 atom stereocenters. The van der Waals surface area contributed by atoms with Gasteiger partial charge < -0.3 is 10.2 Å². The van der Waals surface area contributed by atoms with Gasteiger partial charge in [0, 0.05) is 19.9 Å². The molecule has 0 aliphatic carbocycles. The average molecular weight is 367 g/mol. The van der Waals surface area contributed by atoms with Crippen molar-refractivity contribution in [2.75, 3.05) is 17.3 Å². The van der Waals surface area contributed by atoms with Gasteiger partial charge in [0.05, 0.1) is 16.9 Å². The average Bonchev–Trinajstić information content (AvgIpc) is 3.01. The first kappa shape index (κ1) is 17.2. The first-order valence-corrected chi connectivity index (χ1v) is 8.64. The molecule has 3 amide bonds. The molecule has 7 heteroatoms. The Balaban J connectivity index is 1.82. The predicted octanol–water partition coefficient (Wildman–Crippen LogP) is 2.68. The summed E-state index contributed by atoms with van der Waals surface area (Å²) in [5.74, 6) is -1.78. The van der Waals surface area contributed by atoms with Crippen molar-refractivity contribution in [2.45, 2.75) is 25.4 Å². The molecule has 138 valence electrons. The highest BCUT2D eigenvalue weighted by Gasteiger charge is 2.59. The molecule has 27 heavy (non-hydrogen) atoms. The molecule has 6 nitrogen and oxygen atoms in total. The van der Waals surface area contributed by atoms with Crippen LogP contribution >= 0.6 is 0 Å². The van der Waals surface area contributed by atoms with E-state index in [1.165, 1.54) is 29.0 Å². The Morgan fingerprint density at radius 3 is 2.70 bits per heavy atom. The van der Waals surface area contributed by atoms with Crippen molar-refractivity contribution in [1.82, 2.24) is 4.90 Å². The number of aryl methyl sites for hydroxylation is 1. The van der Waals surface area contributed by atoms with E-state index in [-0.39, 0.29) is 30.3 Å². The molecular weight excluding hydrogens is 349 g/mol. The lowest BCUT2D eigenvalue weighted by Crippen LogP contribution is -2.68. The number of nitrogens with zero attached hydrogens (tertiary/aromatic N) is 2. The monoisotopic (exact) mass is 367 g/mol. The fourth-order valence-corrected chi connectivity index (χ4v) is 3.89. The highest BCUT2D eigenvalue weighted by atomic mass is 19.1. The van der Waals surface area contributed by atoms with Crippen LogP contribution in [0.3, 0.4) is 0 Å². The smallest absolute Gasteiger partial charge is 0.271 e. The normalized spacial score (nSPS) is 21.1. The van der Waals surface area contributed by atoms with Crippen LogP contribution in [-0.4, -0.2) is 35.3 Å². The number of hydrogen-bond acceptors (Lipinski definition) is 3. The van der Waals surface area contributed by atoms with Crippen LogP contribution in [0.1, 0.15) is 28.8 Å². The van der Waals surface area contributed by atoms with E-state index in [1.54, 1.807) is 37.3 Å². The molecule has 2 aliphatic heterocycles. The molecule has 2 heterocycles. The van der Waals surface area contributed by atoms with Gasteiger partial charge in [-0.3, -0.25) is 19.3 Å². The maximum absolute atomic E-state index is 14.2. The Labute approximate surface area is 155 Å². The summed E-state index contributed by atoms with van der Waals surface area (Å²) in [5, 5.41) is 2.58. The minimum atomic E-state index is -1.52. The van der Waals surface area contributed by atoms with E-state index < -0.39 is 17.4 Å². The fourth-order valence-electron chi connectivity index (χ4n) is 3.89. The van der Waals surface area contributed by atoms with Gasteiger partial charge in [0.1, 0.15) is 5.82 Å². The Kier molecular flexibility index (Phi) is 3.76. The maximum Gasteiger partial charge on any atom is 0.271 e. The summed E-state index contributed by atoms with van der Waals surface area (Å²) in [6.07, 6.45) is 0.261.